The topological polar surface area (TPSA) is 126 Å². The smallest absolute Gasteiger partial charge is 0.270 e. The van der Waals surface area contributed by atoms with Crippen LogP contribution in [-0.2, 0) is 0 Å². The Hall–Kier alpha value is -4.02. The molecule has 194 valence electrons. The maximum atomic E-state index is 11.1. The highest BCUT2D eigenvalue weighted by molar-refractivity contribution is 5.78. The maximum Gasteiger partial charge on any atom is 0.270 e. The largest absolute Gasteiger partial charge is 0.455 e. The van der Waals surface area contributed by atoms with E-state index in [9.17, 15) is 10.1 Å². The van der Waals surface area contributed by atoms with Gasteiger partial charge >= 0.3 is 0 Å². The second-order valence-corrected chi connectivity index (χ2v) is 9.44. The van der Waals surface area contributed by atoms with Crippen molar-refractivity contribution in [1.29, 1.82) is 0 Å². The van der Waals surface area contributed by atoms with Gasteiger partial charge in [0.25, 0.3) is 5.69 Å². The van der Waals surface area contributed by atoms with E-state index in [1.54, 1.807) is 30.5 Å². The lowest BCUT2D eigenvalue weighted by Gasteiger charge is -2.24. The van der Waals surface area contributed by atoms with Gasteiger partial charge in [-0.25, -0.2) is 5.43 Å². The first kappa shape index (κ1) is 24.7. The molecule has 1 N–H and O–H groups in total. The second kappa shape index (κ2) is 11.8. The number of hydrogen-bond acceptors (Lipinski definition) is 10. The molecule has 2 aliphatic heterocycles. The molecule has 5 rings (SSSR count). The molecule has 0 saturated carbocycles. The third kappa shape index (κ3) is 6.41. The lowest BCUT2D eigenvalue weighted by atomic mass is 10.1. The van der Waals surface area contributed by atoms with Crippen LogP contribution in [0.4, 0.5) is 23.5 Å². The predicted molar refractivity (Wildman–Crippen MR) is 143 cm³/mol. The fourth-order valence-electron chi connectivity index (χ4n) is 4.73. The van der Waals surface area contributed by atoms with Gasteiger partial charge < -0.3 is 14.2 Å². The predicted octanol–water partition coefficient (Wildman–Crippen LogP) is 5.25. The van der Waals surface area contributed by atoms with E-state index in [1.807, 2.05) is 0 Å². The molecule has 37 heavy (non-hydrogen) atoms. The minimum Gasteiger partial charge on any atom is -0.455 e. The number of furan rings is 1. The Bertz CT molecular complexity index is 1190. The van der Waals surface area contributed by atoms with Gasteiger partial charge in [-0.1, -0.05) is 37.8 Å². The van der Waals surface area contributed by atoms with Crippen molar-refractivity contribution in [3.8, 4) is 11.3 Å². The van der Waals surface area contributed by atoms with Gasteiger partial charge in [0.1, 0.15) is 11.5 Å². The fraction of sp³-hybridized carbons (Fsp3) is 0.462. The molecule has 0 bridgehead atoms. The van der Waals surface area contributed by atoms with Crippen LogP contribution in [0.2, 0.25) is 0 Å². The zero-order chi connectivity index (χ0) is 25.5. The summed E-state index contributed by atoms with van der Waals surface area (Å²) in [5.41, 5.74) is 3.60. The quantitative estimate of drug-likeness (QED) is 0.261. The zero-order valence-corrected chi connectivity index (χ0v) is 20.9. The molecule has 0 spiro atoms. The molecule has 0 radical (unpaired) electrons. The minimum atomic E-state index is -0.423. The average molecular weight is 505 g/mol. The Morgan fingerprint density at radius 2 is 1.49 bits per heavy atom. The summed E-state index contributed by atoms with van der Waals surface area (Å²) in [6, 6.07) is 9.86. The van der Waals surface area contributed by atoms with Gasteiger partial charge in [0.05, 0.1) is 11.1 Å². The summed E-state index contributed by atoms with van der Waals surface area (Å²) in [5, 5.41) is 15.4. The van der Waals surface area contributed by atoms with Crippen LogP contribution in [0.1, 0.15) is 57.1 Å². The lowest BCUT2D eigenvalue weighted by molar-refractivity contribution is -0.384. The van der Waals surface area contributed by atoms with E-state index < -0.39 is 4.92 Å². The number of anilines is 3. The molecule has 0 aliphatic carbocycles. The SMILES string of the molecule is O=[N+]([O-])c1cccc(-c2ccc(/C=N/Nc3nc(N4CCCCCC4)nc(N4CCCCCC4)n3)o2)c1. The highest BCUT2D eigenvalue weighted by Gasteiger charge is 2.19. The van der Waals surface area contributed by atoms with Crippen LogP contribution in [0.15, 0.2) is 45.9 Å². The first-order valence-corrected chi connectivity index (χ1v) is 13.1. The first-order chi connectivity index (χ1) is 18.2. The number of nitro groups is 1. The van der Waals surface area contributed by atoms with Gasteiger partial charge in [-0.3, -0.25) is 10.1 Å². The number of nitro benzene ring substituents is 1. The second-order valence-electron chi connectivity index (χ2n) is 9.44. The molecule has 1 aromatic carbocycles. The van der Waals surface area contributed by atoms with Crippen LogP contribution in [0.25, 0.3) is 11.3 Å². The van der Waals surface area contributed by atoms with Gasteiger partial charge in [0, 0.05) is 43.9 Å². The van der Waals surface area contributed by atoms with Gasteiger partial charge in [-0.05, 0) is 37.8 Å². The van der Waals surface area contributed by atoms with Crippen molar-refractivity contribution >= 4 is 29.7 Å². The molecule has 11 heteroatoms. The minimum absolute atomic E-state index is 0.0149. The zero-order valence-electron chi connectivity index (χ0n) is 20.9. The summed E-state index contributed by atoms with van der Waals surface area (Å²) in [6.45, 7) is 3.77. The Labute approximate surface area is 215 Å². The monoisotopic (exact) mass is 504 g/mol. The summed E-state index contributed by atoms with van der Waals surface area (Å²) in [6.07, 6.45) is 11.0. The van der Waals surface area contributed by atoms with Crippen LogP contribution in [0.5, 0.6) is 0 Å². The average Bonchev–Trinajstić information content (AvgIpc) is 3.09. The maximum absolute atomic E-state index is 11.1. The van der Waals surface area contributed by atoms with Crippen LogP contribution in [-0.4, -0.2) is 52.3 Å². The number of aromatic nitrogens is 3. The van der Waals surface area contributed by atoms with E-state index >= 15 is 0 Å². The molecule has 0 atom stereocenters. The van der Waals surface area contributed by atoms with Gasteiger partial charge in [-0.2, -0.15) is 20.1 Å². The van der Waals surface area contributed by atoms with Crippen molar-refractivity contribution in [3.63, 3.8) is 0 Å². The van der Waals surface area contributed by atoms with Crippen molar-refractivity contribution in [2.45, 2.75) is 51.4 Å². The molecule has 2 saturated heterocycles. The number of rotatable bonds is 7. The Morgan fingerprint density at radius 1 is 0.865 bits per heavy atom. The fourth-order valence-corrected chi connectivity index (χ4v) is 4.73. The highest BCUT2D eigenvalue weighted by atomic mass is 16.6. The molecule has 2 fully saturated rings. The van der Waals surface area contributed by atoms with E-state index in [0.29, 0.717) is 34.9 Å². The normalized spacial score (nSPS) is 17.0. The summed E-state index contributed by atoms with van der Waals surface area (Å²) in [5.74, 6) is 2.82. The lowest BCUT2D eigenvalue weighted by Crippen LogP contribution is -2.30. The highest BCUT2D eigenvalue weighted by Crippen LogP contribution is 2.26. The summed E-state index contributed by atoms with van der Waals surface area (Å²) in [4.78, 5) is 29.4. The van der Waals surface area contributed by atoms with Crippen LogP contribution in [0.3, 0.4) is 0 Å². The van der Waals surface area contributed by atoms with Crippen molar-refractivity contribution in [2.24, 2.45) is 5.10 Å². The van der Waals surface area contributed by atoms with Crippen LogP contribution >= 0.6 is 0 Å². The molecule has 0 unspecified atom stereocenters. The molecule has 3 aromatic rings. The van der Waals surface area contributed by atoms with E-state index in [1.165, 1.54) is 37.8 Å². The number of nitrogens with zero attached hydrogens (tertiary/aromatic N) is 7. The molecular formula is C26H32N8O3. The first-order valence-electron chi connectivity index (χ1n) is 13.1. The summed E-state index contributed by atoms with van der Waals surface area (Å²) in [7, 11) is 0. The third-order valence-corrected chi connectivity index (χ3v) is 6.71. The van der Waals surface area contributed by atoms with Crippen molar-refractivity contribution in [3.05, 3.63) is 52.3 Å². The summed E-state index contributed by atoms with van der Waals surface area (Å²) < 4.78 is 5.83. The van der Waals surface area contributed by atoms with E-state index in [0.717, 1.165) is 51.9 Å². The molecule has 2 aromatic heterocycles. The molecule has 4 heterocycles. The van der Waals surface area contributed by atoms with Gasteiger partial charge in [0.15, 0.2) is 0 Å². The number of hydrogen-bond donors (Lipinski definition) is 1. The van der Waals surface area contributed by atoms with Gasteiger partial charge in [-0.15, -0.1) is 0 Å². The van der Waals surface area contributed by atoms with E-state index in [2.05, 4.69) is 30.3 Å². The third-order valence-electron chi connectivity index (χ3n) is 6.71. The van der Waals surface area contributed by atoms with Crippen molar-refractivity contribution < 1.29 is 9.34 Å². The molecule has 11 nitrogen and oxygen atoms in total. The van der Waals surface area contributed by atoms with E-state index in [4.69, 9.17) is 9.40 Å². The molecule has 2 aliphatic rings. The standard InChI is InChI=1S/C26H32N8O3/c35-34(36)21-11-9-10-20(18-21)23-13-12-22(37-23)19-27-31-24-28-25(32-14-5-1-2-6-15-32)30-26(29-24)33-16-7-3-4-8-17-33/h9-13,18-19H,1-8,14-17H2,(H,28,29,30,31)/b27-19+. The number of non-ortho nitro benzene ring substituents is 1. The molecule has 0 amide bonds. The number of hydrazone groups is 1. The van der Waals surface area contributed by atoms with Crippen molar-refractivity contribution in [2.75, 3.05) is 41.4 Å². The Balaban J connectivity index is 1.34. The van der Waals surface area contributed by atoms with Crippen LogP contribution < -0.4 is 15.2 Å². The molecular weight excluding hydrogens is 472 g/mol. The van der Waals surface area contributed by atoms with Crippen LogP contribution in [0, 0.1) is 10.1 Å². The number of benzene rings is 1. The van der Waals surface area contributed by atoms with Crippen molar-refractivity contribution in [1.82, 2.24) is 15.0 Å². The van der Waals surface area contributed by atoms with E-state index in [-0.39, 0.29) is 5.69 Å². The number of nitrogens with one attached hydrogen (secondary N) is 1. The Kier molecular flexibility index (Phi) is 7.87. The summed E-state index contributed by atoms with van der Waals surface area (Å²) >= 11 is 0. The van der Waals surface area contributed by atoms with Gasteiger partial charge in [0.2, 0.25) is 17.8 Å². The Morgan fingerprint density at radius 3 is 2.08 bits per heavy atom.